The number of nitrogens with one attached hydrogen (secondary N) is 1. The van der Waals surface area contributed by atoms with Crippen LogP contribution in [-0.2, 0) is 17.3 Å². The van der Waals surface area contributed by atoms with Gasteiger partial charge in [-0.2, -0.15) is 0 Å². The van der Waals surface area contributed by atoms with Crippen LogP contribution < -0.4 is 5.32 Å². The van der Waals surface area contributed by atoms with Crippen molar-refractivity contribution >= 4 is 22.4 Å². The summed E-state index contributed by atoms with van der Waals surface area (Å²) in [6, 6.07) is 5.00. The highest BCUT2D eigenvalue weighted by Gasteiger charge is 2.08. The topological polar surface area (TPSA) is 29.1 Å². The molecule has 0 saturated heterocycles. The summed E-state index contributed by atoms with van der Waals surface area (Å²) in [6.45, 7) is 2.31. The quantitative estimate of drug-likeness (QED) is 0.884. The fraction of sp³-hybridized carbons (Fsp3) is 0.455. The minimum atomic E-state index is -0.846. The Morgan fingerprint density at radius 3 is 2.88 bits per heavy atom. The van der Waals surface area contributed by atoms with Gasteiger partial charge in [-0.15, -0.1) is 0 Å². The number of benzene rings is 1. The maximum absolute atomic E-state index is 13.5. The summed E-state index contributed by atoms with van der Waals surface area (Å²) in [5.41, 5.74) is 0.529. The van der Waals surface area contributed by atoms with Gasteiger partial charge >= 0.3 is 0 Å². The van der Waals surface area contributed by atoms with Gasteiger partial charge in [0.1, 0.15) is 5.82 Å². The van der Waals surface area contributed by atoms with Crippen molar-refractivity contribution in [2.75, 3.05) is 12.0 Å². The molecule has 5 heteroatoms. The van der Waals surface area contributed by atoms with Gasteiger partial charge in [0.25, 0.3) is 0 Å². The minimum Gasteiger partial charge on any atom is -0.309 e. The van der Waals surface area contributed by atoms with Crippen LogP contribution in [0.2, 0.25) is 5.02 Å². The Labute approximate surface area is 103 Å². The predicted octanol–water partition coefficient (Wildman–Crippen LogP) is 2.34. The van der Waals surface area contributed by atoms with Gasteiger partial charge in [-0.1, -0.05) is 23.7 Å². The lowest BCUT2D eigenvalue weighted by Gasteiger charge is -2.12. The van der Waals surface area contributed by atoms with E-state index < -0.39 is 10.8 Å². The summed E-state index contributed by atoms with van der Waals surface area (Å²) in [4.78, 5) is 0. The number of hydrogen-bond donors (Lipinski definition) is 1. The Morgan fingerprint density at radius 2 is 2.25 bits per heavy atom. The first-order chi connectivity index (χ1) is 7.50. The molecule has 0 saturated carbocycles. The molecule has 0 radical (unpaired) electrons. The van der Waals surface area contributed by atoms with Crippen LogP contribution in [-0.4, -0.2) is 22.3 Å². The van der Waals surface area contributed by atoms with Gasteiger partial charge in [-0.05, 0) is 13.0 Å². The lowest BCUT2D eigenvalue weighted by atomic mass is 10.2. The highest BCUT2D eigenvalue weighted by Crippen LogP contribution is 2.17. The van der Waals surface area contributed by atoms with E-state index in [0.29, 0.717) is 17.9 Å². The second-order valence-electron chi connectivity index (χ2n) is 3.73. The van der Waals surface area contributed by atoms with E-state index in [0.717, 1.165) is 0 Å². The molecule has 1 aromatic rings. The van der Waals surface area contributed by atoms with Crippen LogP contribution in [0.4, 0.5) is 4.39 Å². The van der Waals surface area contributed by atoms with E-state index in [-0.39, 0.29) is 16.9 Å². The minimum absolute atomic E-state index is 0.0872. The van der Waals surface area contributed by atoms with E-state index in [2.05, 4.69) is 5.32 Å². The van der Waals surface area contributed by atoms with Gasteiger partial charge in [-0.25, -0.2) is 4.39 Å². The Hall–Kier alpha value is -0.450. The lowest BCUT2D eigenvalue weighted by Crippen LogP contribution is -2.30. The van der Waals surface area contributed by atoms with Gasteiger partial charge in [0.05, 0.1) is 5.02 Å². The summed E-state index contributed by atoms with van der Waals surface area (Å²) < 4.78 is 24.4. The SMILES string of the molecule is CC(CS(C)=O)NCc1cccc(Cl)c1F. The molecule has 0 heterocycles. The molecule has 1 aromatic carbocycles. The third-order valence-corrected chi connectivity index (χ3v) is 3.42. The predicted molar refractivity (Wildman–Crippen MR) is 66.6 cm³/mol. The van der Waals surface area contributed by atoms with Crippen molar-refractivity contribution in [2.24, 2.45) is 0 Å². The van der Waals surface area contributed by atoms with Gasteiger partial charge in [-0.3, -0.25) is 4.21 Å². The van der Waals surface area contributed by atoms with Gasteiger partial charge < -0.3 is 5.32 Å². The molecule has 0 amide bonds. The monoisotopic (exact) mass is 263 g/mol. The maximum Gasteiger partial charge on any atom is 0.146 e. The average molecular weight is 264 g/mol. The molecule has 2 nitrogen and oxygen atoms in total. The highest BCUT2D eigenvalue weighted by molar-refractivity contribution is 7.84. The largest absolute Gasteiger partial charge is 0.309 e. The Balaban J connectivity index is 2.54. The molecular formula is C11H15ClFNOS. The van der Waals surface area contributed by atoms with Crippen molar-refractivity contribution in [1.82, 2.24) is 5.32 Å². The first-order valence-corrected chi connectivity index (χ1v) is 7.07. The van der Waals surface area contributed by atoms with Crippen LogP contribution in [0.3, 0.4) is 0 Å². The molecule has 90 valence electrons. The molecule has 2 atom stereocenters. The second kappa shape index (κ2) is 6.33. The molecule has 0 spiro atoms. The van der Waals surface area contributed by atoms with Crippen molar-refractivity contribution in [3.8, 4) is 0 Å². The van der Waals surface area contributed by atoms with E-state index in [4.69, 9.17) is 11.6 Å². The molecule has 1 N–H and O–H groups in total. The van der Waals surface area contributed by atoms with Crippen molar-refractivity contribution in [2.45, 2.75) is 19.5 Å². The van der Waals surface area contributed by atoms with Crippen LogP contribution in [0.5, 0.6) is 0 Å². The molecule has 0 fully saturated rings. The van der Waals surface area contributed by atoms with Gasteiger partial charge in [0.15, 0.2) is 0 Å². The average Bonchev–Trinajstić information content (AvgIpc) is 2.19. The lowest BCUT2D eigenvalue weighted by molar-refractivity contribution is 0.554. The van der Waals surface area contributed by atoms with Gasteiger partial charge in [0.2, 0.25) is 0 Å². The van der Waals surface area contributed by atoms with Crippen LogP contribution >= 0.6 is 11.6 Å². The smallest absolute Gasteiger partial charge is 0.146 e. The molecule has 16 heavy (non-hydrogen) atoms. The maximum atomic E-state index is 13.5. The summed E-state index contributed by atoms with van der Waals surface area (Å²) in [5.74, 6) is 0.170. The number of halogens is 2. The molecule has 0 aliphatic rings. The zero-order valence-corrected chi connectivity index (χ0v) is 10.9. The molecule has 2 unspecified atom stereocenters. The Morgan fingerprint density at radius 1 is 1.56 bits per heavy atom. The normalized spacial score (nSPS) is 14.8. The van der Waals surface area contributed by atoms with Crippen molar-refractivity contribution in [3.63, 3.8) is 0 Å². The van der Waals surface area contributed by atoms with E-state index in [1.807, 2.05) is 6.92 Å². The van der Waals surface area contributed by atoms with Crippen LogP contribution in [0.15, 0.2) is 18.2 Å². The van der Waals surface area contributed by atoms with E-state index >= 15 is 0 Å². The third kappa shape index (κ3) is 4.20. The fourth-order valence-electron chi connectivity index (χ4n) is 1.38. The molecule has 0 aliphatic heterocycles. The summed E-state index contributed by atoms with van der Waals surface area (Å²) in [7, 11) is -0.846. The summed E-state index contributed by atoms with van der Waals surface area (Å²) in [6.07, 6.45) is 1.65. The fourth-order valence-corrected chi connectivity index (χ4v) is 2.40. The van der Waals surface area contributed by atoms with Crippen LogP contribution in [0.1, 0.15) is 12.5 Å². The molecule has 1 rings (SSSR count). The van der Waals surface area contributed by atoms with Gasteiger partial charge in [0, 0.05) is 41.0 Å². The molecule has 0 bridgehead atoms. The first kappa shape index (κ1) is 13.6. The standard InChI is InChI=1S/C11H15ClFNOS/c1-8(7-16(2)15)14-6-9-4-3-5-10(12)11(9)13/h3-5,8,14H,6-7H2,1-2H3. The zero-order valence-electron chi connectivity index (χ0n) is 9.30. The Kier molecular flexibility index (Phi) is 5.38. The van der Waals surface area contributed by atoms with Crippen molar-refractivity contribution in [1.29, 1.82) is 0 Å². The van der Waals surface area contributed by atoms with E-state index in [9.17, 15) is 8.60 Å². The number of rotatable bonds is 5. The Bertz CT molecular complexity index is 386. The number of hydrogen-bond acceptors (Lipinski definition) is 2. The second-order valence-corrected chi connectivity index (χ2v) is 5.62. The molecular weight excluding hydrogens is 249 g/mol. The summed E-state index contributed by atoms with van der Waals surface area (Å²) in [5, 5.41) is 3.24. The zero-order chi connectivity index (χ0) is 12.1. The summed E-state index contributed by atoms with van der Waals surface area (Å²) >= 11 is 5.66. The van der Waals surface area contributed by atoms with Crippen LogP contribution in [0.25, 0.3) is 0 Å². The van der Waals surface area contributed by atoms with E-state index in [1.54, 1.807) is 18.4 Å². The van der Waals surface area contributed by atoms with Crippen LogP contribution in [0, 0.1) is 5.82 Å². The van der Waals surface area contributed by atoms with Crippen molar-refractivity contribution in [3.05, 3.63) is 34.6 Å². The van der Waals surface area contributed by atoms with Crippen molar-refractivity contribution < 1.29 is 8.60 Å². The highest BCUT2D eigenvalue weighted by atomic mass is 35.5. The van der Waals surface area contributed by atoms with E-state index in [1.165, 1.54) is 6.07 Å². The first-order valence-electron chi connectivity index (χ1n) is 4.97. The molecule has 0 aromatic heterocycles. The molecule has 0 aliphatic carbocycles. The third-order valence-electron chi connectivity index (χ3n) is 2.16.